The van der Waals surface area contributed by atoms with Crippen LogP contribution < -0.4 is 0 Å². The average Bonchev–Trinajstić information content (AvgIpc) is 2.77. The molecule has 2 aromatic heterocycles. The molecule has 0 aliphatic carbocycles. The van der Waals surface area contributed by atoms with Crippen LogP contribution in [0.4, 0.5) is 0 Å². The third kappa shape index (κ3) is 3.71. The molecule has 2 amide bonds. The monoisotopic (exact) mass is 388 g/mol. The Bertz CT molecular complexity index is 1080. The molecule has 0 bridgehead atoms. The lowest BCUT2D eigenvalue weighted by molar-refractivity contribution is -0.130. The summed E-state index contributed by atoms with van der Waals surface area (Å²) in [6.45, 7) is 2.91. The minimum Gasteiger partial charge on any atom is -0.335 e. The number of hydrogen-bond donors (Lipinski definition) is 0. The zero-order chi connectivity index (χ0) is 20.4. The quantitative estimate of drug-likeness (QED) is 0.507. The maximum absolute atomic E-state index is 12.8. The molecule has 7 nitrogen and oxygen atoms in total. The fourth-order valence-electron chi connectivity index (χ4n) is 3.54. The third-order valence-electron chi connectivity index (χ3n) is 5.11. The Hall–Kier alpha value is -3.61. The molecule has 0 radical (unpaired) electrons. The van der Waals surface area contributed by atoms with Gasteiger partial charge >= 0.3 is 0 Å². The largest absolute Gasteiger partial charge is 0.335 e. The molecule has 1 fully saturated rings. The Morgan fingerprint density at radius 2 is 1.79 bits per heavy atom. The number of piperazine rings is 1. The van der Waals surface area contributed by atoms with E-state index in [-0.39, 0.29) is 17.6 Å². The number of amides is 2. The molecule has 0 spiro atoms. The number of fused-ring (bicyclic) bond motifs is 1. The van der Waals surface area contributed by atoms with Crippen LogP contribution in [0.25, 0.3) is 10.9 Å². The van der Waals surface area contributed by atoms with Gasteiger partial charge in [-0.3, -0.25) is 19.4 Å². The molecule has 7 heteroatoms. The summed E-state index contributed by atoms with van der Waals surface area (Å²) < 4.78 is 0. The maximum Gasteiger partial charge on any atom is 0.297 e. The maximum atomic E-state index is 12.8. The summed E-state index contributed by atoms with van der Waals surface area (Å²) in [5, 5.41) is 0.804. The smallest absolute Gasteiger partial charge is 0.297 e. The molecule has 1 saturated heterocycles. The number of carbonyl (C=O) groups excluding carboxylic acids is 3. The Kier molecular flexibility index (Phi) is 5.03. The fourth-order valence-corrected chi connectivity index (χ4v) is 3.54. The van der Waals surface area contributed by atoms with Crippen molar-refractivity contribution in [3.8, 4) is 0 Å². The van der Waals surface area contributed by atoms with Crippen molar-refractivity contribution in [1.29, 1.82) is 0 Å². The van der Waals surface area contributed by atoms with Crippen molar-refractivity contribution < 1.29 is 14.4 Å². The summed E-state index contributed by atoms with van der Waals surface area (Å²) >= 11 is 0. The molecular formula is C22H20N4O3. The van der Waals surface area contributed by atoms with Crippen LogP contribution in [-0.2, 0) is 4.79 Å². The van der Waals surface area contributed by atoms with Crippen LogP contribution >= 0.6 is 0 Å². The Labute approximate surface area is 168 Å². The summed E-state index contributed by atoms with van der Waals surface area (Å²) in [7, 11) is 0. The average molecular weight is 388 g/mol. The van der Waals surface area contributed by atoms with Crippen LogP contribution in [0.3, 0.4) is 0 Å². The van der Waals surface area contributed by atoms with Crippen molar-refractivity contribution in [2.45, 2.75) is 13.0 Å². The molecule has 1 aliphatic heterocycles. The molecule has 29 heavy (non-hydrogen) atoms. The predicted octanol–water partition coefficient (Wildman–Crippen LogP) is 2.19. The van der Waals surface area contributed by atoms with Crippen LogP contribution in [-0.4, -0.2) is 63.0 Å². The summed E-state index contributed by atoms with van der Waals surface area (Å²) in [5.41, 5.74) is 1.35. The van der Waals surface area contributed by atoms with E-state index >= 15 is 0 Å². The van der Waals surface area contributed by atoms with Gasteiger partial charge in [0.05, 0.1) is 5.52 Å². The van der Waals surface area contributed by atoms with E-state index in [1.807, 2.05) is 25.1 Å². The van der Waals surface area contributed by atoms with Gasteiger partial charge < -0.3 is 9.80 Å². The number of pyridine rings is 2. The van der Waals surface area contributed by atoms with Crippen LogP contribution in [0.15, 0.2) is 60.9 Å². The highest BCUT2D eigenvalue weighted by Crippen LogP contribution is 2.16. The van der Waals surface area contributed by atoms with Crippen LogP contribution in [0.2, 0.25) is 0 Å². The van der Waals surface area contributed by atoms with E-state index in [4.69, 9.17) is 0 Å². The molecule has 3 aromatic rings. The lowest BCUT2D eigenvalue weighted by Gasteiger charge is -2.39. The second kappa shape index (κ2) is 7.79. The number of carbonyl (C=O) groups is 3. The molecule has 0 unspecified atom stereocenters. The van der Waals surface area contributed by atoms with Gasteiger partial charge in [0, 0.05) is 49.0 Å². The van der Waals surface area contributed by atoms with Gasteiger partial charge in [-0.05, 0) is 37.3 Å². The molecule has 4 rings (SSSR count). The van der Waals surface area contributed by atoms with Crippen molar-refractivity contribution >= 4 is 28.5 Å². The number of aromatic nitrogens is 2. The summed E-state index contributed by atoms with van der Waals surface area (Å²) in [4.78, 5) is 49.7. The van der Waals surface area contributed by atoms with Gasteiger partial charge in [-0.25, -0.2) is 4.98 Å². The van der Waals surface area contributed by atoms with Crippen LogP contribution in [0, 0.1) is 0 Å². The first-order valence-corrected chi connectivity index (χ1v) is 9.45. The second-order valence-electron chi connectivity index (χ2n) is 7.06. The first-order chi connectivity index (χ1) is 14.0. The Morgan fingerprint density at radius 1 is 1.00 bits per heavy atom. The van der Waals surface area contributed by atoms with E-state index in [9.17, 15) is 14.4 Å². The number of ketones is 1. The Balaban J connectivity index is 1.46. The predicted molar refractivity (Wildman–Crippen MR) is 107 cm³/mol. The topological polar surface area (TPSA) is 83.5 Å². The van der Waals surface area contributed by atoms with Crippen LogP contribution in [0.1, 0.15) is 27.8 Å². The highest BCUT2D eigenvalue weighted by Gasteiger charge is 2.33. The van der Waals surface area contributed by atoms with Gasteiger partial charge in [-0.15, -0.1) is 0 Å². The zero-order valence-electron chi connectivity index (χ0n) is 16.0. The van der Waals surface area contributed by atoms with Gasteiger partial charge in [0.2, 0.25) is 0 Å². The SMILES string of the molecule is C[C@H]1CN(C(=O)c2ccccc2)CCN1C(=O)C(=O)c1ccc2cnccc2n1. The fraction of sp³-hybridized carbons (Fsp3) is 0.227. The highest BCUT2D eigenvalue weighted by atomic mass is 16.2. The lowest BCUT2D eigenvalue weighted by atomic mass is 10.1. The van der Waals surface area contributed by atoms with Crippen molar-refractivity contribution in [3.05, 3.63) is 72.2 Å². The van der Waals surface area contributed by atoms with E-state index in [2.05, 4.69) is 9.97 Å². The first kappa shape index (κ1) is 18.7. The number of rotatable bonds is 3. The van der Waals surface area contributed by atoms with Crippen molar-refractivity contribution in [2.24, 2.45) is 0 Å². The minimum atomic E-state index is -0.640. The number of nitrogens with zero attached hydrogens (tertiary/aromatic N) is 4. The summed E-state index contributed by atoms with van der Waals surface area (Å²) in [6.07, 6.45) is 3.25. The van der Waals surface area contributed by atoms with Gasteiger partial charge in [0.25, 0.3) is 17.6 Å². The molecule has 0 saturated carbocycles. The van der Waals surface area contributed by atoms with E-state index in [1.54, 1.807) is 47.6 Å². The van der Waals surface area contributed by atoms with Crippen LogP contribution in [0.5, 0.6) is 0 Å². The molecular weight excluding hydrogens is 368 g/mol. The number of Topliss-reactive ketones (excluding diaryl/α,β-unsaturated/α-hetero) is 1. The molecule has 1 aliphatic rings. The van der Waals surface area contributed by atoms with Gasteiger partial charge in [0.1, 0.15) is 5.69 Å². The van der Waals surface area contributed by atoms with E-state index < -0.39 is 11.7 Å². The number of benzene rings is 1. The van der Waals surface area contributed by atoms with Crippen molar-refractivity contribution in [2.75, 3.05) is 19.6 Å². The first-order valence-electron chi connectivity index (χ1n) is 9.45. The summed E-state index contributed by atoms with van der Waals surface area (Å²) in [6, 6.07) is 13.8. The van der Waals surface area contributed by atoms with Gasteiger partial charge in [-0.2, -0.15) is 0 Å². The molecule has 1 atom stereocenters. The third-order valence-corrected chi connectivity index (χ3v) is 5.11. The standard InChI is InChI=1S/C22H20N4O3/c1-15-14-25(21(28)16-5-3-2-4-6-16)11-12-26(15)22(29)20(27)19-8-7-17-13-23-10-9-18(17)24-19/h2-10,13,15H,11-12,14H2,1H3/t15-/m0/s1. The van der Waals surface area contributed by atoms with E-state index in [0.29, 0.717) is 30.7 Å². The minimum absolute atomic E-state index is 0.0688. The van der Waals surface area contributed by atoms with Crippen molar-refractivity contribution in [3.63, 3.8) is 0 Å². The Morgan fingerprint density at radius 3 is 2.55 bits per heavy atom. The number of hydrogen-bond acceptors (Lipinski definition) is 5. The zero-order valence-corrected chi connectivity index (χ0v) is 16.0. The van der Waals surface area contributed by atoms with Gasteiger partial charge in [-0.1, -0.05) is 18.2 Å². The normalized spacial score (nSPS) is 16.7. The van der Waals surface area contributed by atoms with Gasteiger partial charge in [0.15, 0.2) is 0 Å². The van der Waals surface area contributed by atoms with E-state index in [0.717, 1.165) is 5.39 Å². The summed E-state index contributed by atoms with van der Waals surface area (Å²) in [5.74, 6) is -1.30. The molecule has 0 N–H and O–H groups in total. The highest BCUT2D eigenvalue weighted by molar-refractivity contribution is 6.42. The second-order valence-corrected chi connectivity index (χ2v) is 7.06. The molecule has 1 aromatic carbocycles. The van der Waals surface area contributed by atoms with E-state index in [1.165, 1.54) is 4.90 Å². The lowest BCUT2D eigenvalue weighted by Crippen LogP contribution is -2.56. The molecule has 146 valence electrons. The molecule has 3 heterocycles. The van der Waals surface area contributed by atoms with Crippen molar-refractivity contribution in [1.82, 2.24) is 19.8 Å².